The average molecular weight is 238 g/mol. The van der Waals surface area contributed by atoms with E-state index in [1.165, 1.54) is 11.3 Å². The summed E-state index contributed by atoms with van der Waals surface area (Å²) in [5.41, 5.74) is 0.156. The summed E-state index contributed by atoms with van der Waals surface area (Å²) in [5, 5.41) is 5.33. The van der Waals surface area contributed by atoms with Crippen molar-refractivity contribution in [3.8, 4) is 0 Å². The van der Waals surface area contributed by atoms with Gasteiger partial charge in [0.15, 0.2) is 0 Å². The minimum Gasteiger partial charge on any atom is -0.336 e. The molecule has 3 nitrogen and oxygen atoms in total. The van der Waals surface area contributed by atoms with Gasteiger partial charge < -0.3 is 10.2 Å². The predicted molar refractivity (Wildman–Crippen MR) is 66.9 cm³/mol. The molecule has 1 aliphatic heterocycles. The van der Waals surface area contributed by atoms with Gasteiger partial charge in [0.05, 0.1) is 4.88 Å². The van der Waals surface area contributed by atoms with Crippen molar-refractivity contribution >= 4 is 17.2 Å². The summed E-state index contributed by atoms with van der Waals surface area (Å²) in [7, 11) is 0. The smallest absolute Gasteiger partial charge is 0.263 e. The highest BCUT2D eigenvalue weighted by atomic mass is 32.1. The molecule has 1 N–H and O–H groups in total. The molecule has 2 heterocycles. The molecule has 1 fully saturated rings. The van der Waals surface area contributed by atoms with Crippen molar-refractivity contribution in [2.24, 2.45) is 5.41 Å². The van der Waals surface area contributed by atoms with Gasteiger partial charge in [0.1, 0.15) is 0 Å². The number of amides is 1. The van der Waals surface area contributed by atoms with Crippen molar-refractivity contribution in [2.45, 2.75) is 13.8 Å². The van der Waals surface area contributed by atoms with E-state index >= 15 is 0 Å². The first-order valence-corrected chi connectivity index (χ1v) is 6.50. The number of nitrogens with zero attached hydrogens (tertiary/aromatic N) is 1. The molecule has 1 aromatic rings. The monoisotopic (exact) mass is 238 g/mol. The third-order valence-corrected chi connectivity index (χ3v) is 3.66. The van der Waals surface area contributed by atoms with Crippen LogP contribution < -0.4 is 5.32 Å². The van der Waals surface area contributed by atoms with Crippen molar-refractivity contribution in [1.29, 1.82) is 0 Å². The summed E-state index contributed by atoms with van der Waals surface area (Å²) in [6.45, 7) is 7.89. The maximum absolute atomic E-state index is 12.2. The number of nitrogens with one attached hydrogen (secondary N) is 1. The fourth-order valence-electron chi connectivity index (χ4n) is 2.02. The maximum atomic E-state index is 12.2. The minimum absolute atomic E-state index is 0.156. The van der Waals surface area contributed by atoms with E-state index in [4.69, 9.17) is 0 Å². The van der Waals surface area contributed by atoms with Gasteiger partial charge in [-0.25, -0.2) is 0 Å². The normalized spacial score (nSPS) is 20.5. The van der Waals surface area contributed by atoms with Crippen molar-refractivity contribution in [3.05, 3.63) is 22.4 Å². The molecule has 0 radical (unpaired) electrons. The van der Waals surface area contributed by atoms with Gasteiger partial charge in [0.2, 0.25) is 0 Å². The topological polar surface area (TPSA) is 32.3 Å². The zero-order valence-electron chi connectivity index (χ0n) is 9.82. The summed E-state index contributed by atoms with van der Waals surface area (Å²) >= 11 is 1.52. The molecule has 16 heavy (non-hydrogen) atoms. The Hall–Kier alpha value is -0.870. The van der Waals surface area contributed by atoms with Crippen molar-refractivity contribution in [3.63, 3.8) is 0 Å². The summed E-state index contributed by atoms with van der Waals surface area (Å²) < 4.78 is 0. The van der Waals surface area contributed by atoms with Gasteiger partial charge >= 0.3 is 0 Å². The molecular weight excluding hydrogens is 220 g/mol. The lowest BCUT2D eigenvalue weighted by atomic mass is 9.93. The van der Waals surface area contributed by atoms with Crippen LogP contribution in [-0.2, 0) is 0 Å². The second-order valence-corrected chi connectivity index (χ2v) is 5.99. The van der Waals surface area contributed by atoms with E-state index in [1.54, 1.807) is 0 Å². The van der Waals surface area contributed by atoms with Crippen LogP contribution in [0.25, 0.3) is 0 Å². The van der Waals surface area contributed by atoms with Crippen molar-refractivity contribution in [2.75, 3.05) is 26.2 Å². The molecule has 0 unspecified atom stereocenters. The van der Waals surface area contributed by atoms with E-state index in [2.05, 4.69) is 19.2 Å². The van der Waals surface area contributed by atoms with Gasteiger partial charge in [-0.2, -0.15) is 0 Å². The summed E-state index contributed by atoms with van der Waals surface area (Å²) in [4.78, 5) is 15.0. The Morgan fingerprint density at radius 3 is 3.06 bits per heavy atom. The molecule has 1 saturated heterocycles. The first-order chi connectivity index (χ1) is 7.58. The Morgan fingerprint density at radius 1 is 1.56 bits per heavy atom. The zero-order valence-corrected chi connectivity index (χ0v) is 10.6. The van der Waals surface area contributed by atoms with E-state index < -0.39 is 0 Å². The summed E-state index contributed by atoms with van der Waals surface area (Å²) in [6.07, 6.45) is 0. The van der Waals surface area contributed by atoms with Crippen LogP contribution >= 0.6 is 11.3 Å². The third-order valence-electron chi connectivity index (χ3n) is 2.80. The van der Waals surface area contributed by atoms with Crippen LogP contribution in [0.4, 0.5) is 0 Å². The molecule has 1 amide bonds. The second kappa shape index (κ2) is 4.55. The van der Waals surface area contributed by atoms with Crippen molar-refractivity contribution < 1.29 is 4.79 Å². The van der Waals surface area contributed by atoms with Gasteiger partial charge in [-0.1, -0.05) is 19.9 Å². The van der Waals surface area contributed by atoms with Gasteiger partial charge in [-0.3, -0.25) is 4.79 Å². The number of thiophene rings is 1. The van der Waals surface area contributed by atoms with Gasteiger partial charge in [-0.05, 0) is 16.9 Å². The average Bonchev–Trinajstić information content (AvgIpc) is 2.68. The van der Waals surface area contributed by atoms with Crippen LogP contribution in [0.5, 0.6) is 0 Å². The fraction of sp³-hybridized carbons (Fsp3) is 0.583. The highest BCUT2D eigenvalue weighted by molar-refractivity contribution is 7.12. The molecule has 1 aliphatic rings. The van der Waals surface area contributed by atoms with Gasteiger partial charge in [-0.15, -0.1) is 11.3 Å². The number of rotatable bonds is 1. The van der Waals surface area contributed by atoms with Crippen LogP contribution in [0.2, 0.25) is 0 Å². The number of carbonyl (C=O) groups is 1. The molecular formula is C12H18N2OS. The van der Waals surface area contributed by atoms with Crippen LogP contribution in [0.15, 0.2) is 17.5 Å². The quantitative estimate of drug-likeness (QED) is 0.809. The lowest BCUT2D eigenvalue weighted by Gasteiger charge is -2.28. The van der Waals surface area contributed by atoms with E-state index in [0.717, 1.165) is 31.1 Å². The standard InChI is InChI=1S/C12H18N2OS/c1-12(2)8-13-5-6-14(9-12)11(15)10-4-3-7-16-10/h3-4,7,13H,5-6,8-9H2,1-2H3. The fourth-order valence-corrected chi connectivity index (χ4v) is 2.71. The van der Waals surface area contributed by atoms with Crippen LogP contribution in [0, 0.1) is 5.41 Å². The molecule has 1 aromatic heterocycles. The van der Waals surface area contributed by atoms with Gasteiger partial charge in [0.25, 0.3) is 5.91 Å². The maximum Gasteiger partial charge on any atom is 0.263 e. The van der Waals surface area contributed by atoms with Crippen molar-refractivity contribution in [1.82, 2.24) is 10.2 Å². The SMILES string of the molecule is CC1(C)CNCCN(C(=O)c2cccs2)C1. The molecule has 0 saturated carbocycles. The molecule has 0 aliphatic carbocycles. The Morgan fingerprint density at radius 2 is 2.38 bits per heavy atom. The van der Waals surface area contributed by atoms with Crippen LogP contribution in [-0.4, -0.2) is 37.0 Å². The van der Waals surface area contributed by atoms with E-state index in [0.29, 0.717) is 0 Å². The lowest BCUT2D eigenvalue weighted by Crippen LogP contribution is -2.38. The van der Waals surface area contributed by atoms with E-state index in [9.17, 15) is 4.79 Å². The summed E-state index contributed by atoms with van der Waals surface area (Å²) in [5.74, 6) is 0.173. The molecule has 4 heteroatoms. The Bertz CT molecular complexity index is 359. The second-order valence-electron chi connectivity index (χ2n) is 5.04. The number of carbonyl (C=O) groups excluding carboxylic acids is 1. The number of hydrogen-bond donors (Lipinski definition) is 1. The zero-order chi connectivity index (χ0) is 11.6. The Labute approximate surface area is 100 Å². The Balaban J connectivity index is 2.11. The summed E-state index contributed by atoms with van der Waals surface area (Å²) in [6, 6.07) is 3.83. The number of hydrogen-bond acceptors (Lipinski definition) is 3. The molecule has 0 bridgehead atoms. The van der Waals surface area contributed by atoms with E-state index in [-0.39, 0.29) is 11.3 Å². The molecule has 0 aromatic carbocycles. The van der Waals surface area contributed by atoms with Crippen LogP contribution in [0.1, 0.15) is 23.5 Å². The predicted octanol–water partition coefficient (Wildman–Crippen LogP) is 1.82. The molecule has 0 atom stereocenters. The Kier molecular flexibility index (Phi) is 3.30. The van der Waals surface area contributed by atoms with E-state index in [1.807, 2.05) is 22.4 Å². The molecule has 0 spiro atoms. The minimum atomic E-state index is 0.156. The first-order valence-electron chi connectivity index (χ1n) is 5.62. The third kappa shape index (κ3) is 2.62. The highest BCUT2D eigenvalue weighted by Crippen LogP contribution is 2.20. The lowest BCUT2D eigenvalue weighted by molar-refractivity contribution is 0.0721. The molecule has 2 rings (SSSR count). The largest absolute Gasteiger partial charge is 0.336 e. The first kappa shape index (κ1) is 11.6. The van der Waals surface area contributed by atoms with Crippen LogP contribution in [0.3, 0.4) is 0 Å². The molecule has 88 valence electrons. The van der Waals surface area contributed by atoms with Gasteiger partial charge in [0, 0.05) is 26.2 Å². The highest BCUT2D eigenvalue weighted by Gasteiger charge is 2.27.